The first-order valence-corrected chi connectivity index (χ1v) is 7.29. The molecule has 1 aromatic carbocycles. The zero-order valence-corrected chi connectivity index (χ0v) is 12.2. The molecule has 0 saturated carbocycles. The Morgan fingerprint density at radius 3 is 2.86 bits per heavy atom. The molecular formula is C16H20FNO3. The zero-order valence-electron chi connectivity index (χ0n) is 12.2. The van der Waals surface area contributed by atoms with Crippen molar-refractivity contribution in [3.8, 4) is 0 Å². The molecule has 1 unspecified atom stereocenters. The number of hydrogen-bond donors (Lipinski definition) is 0. The van der Waals surface area contributed by atoms with Crippen LogP contribution in [0.15, 0.2) is 24.3 Å². The first kappa shape index (κ1) is 15.5. The first-order valence-electron chi connectivity index (χ1n) is 7.29. The van der Waals surface area contributed by atoms with Crippen molar-refractivity contribution in [2.45, 2.75) is 26.2 Å². The van der Waals surface area contributed by atoms with E-state index in [1.807, 2.05) is 0 Å². The Bertz CT molecular complexity index is 518. The number of rotatable bonds is 4. The van der Waals surface area contributed by atoms with Gasteiger partial charge in [-0.3, -0.25) is 9.59 Å². The molecule has 1 atom stereocenters. The second-order valence-corrected chi connectivity index (χ2v) is 5.20. The first-order chi connectivity index (χ1) is 10.1. The zero-order chi connectivity index (χ0) is 15.2. The van der Waals surface area contributed by atoms with Crippen LogP contribution in [-0.4, -0.2) is 36.5 Å². The van der Waals surface area contributed by atoms with Gasteiger partial charge >= 0.3 is 5.97 Å². The maximum atomic E-state index is 13.6. The number of carbonyl (C=O) groups is 2. The molecule has 2 rings (SSSR count). The van der Waals surface area contributed by atoms with Crippen LogP contribution in [0.1, 0.15) is 25.3 Å². The predicted molar refractivity (Wildman–Crippen MR) is 76.0 cm³/mol. The van der Waals surface area contributed by atoms with Crippen molar-refractivity contribution in [3.63, 3.8) is 0 Å². The third-order valence-corrected chi connectivity index (χ3v) is 3.69. The van der Waals surface area contributed by atoms with Crippen molar-refractivity contribution in [1.29, 1.82) is 0 Å². The molecule has 0 radical (unpaired) electrons. The summed E-state index contributed by atoms with van der Waals surface area (Å²) in [5.74, 6) is -1.02. The molecule has 0 bridgehead atoms. The molecule has 1 fully saturated rings. The monoisotopic (exact) mass is 293 g/mol. The molecule has 1 amide bonds. The van der Waals surface area contributed by atoms with Crippen LogP contribution in [0.25, 0.3) is 0 Å². The Labute approximate surface area is 123 Å². The summed E-state index contributed by atoms with van der Waals surface area (Å²) >= 11 is 0. The Hall–Kier alpha value is -1.91. The van der Waals surface area contributed by atoms with Gasteiger partial charge in [0.1, 0.15) is 5.82 Å². The van der Waals surface area contributed by atoms with Gasteiger partial charge in [0.2, 0.25) is 5.91 Å². The molecule has 5 heteroatoms. The lowest BCUT2D eigenvalue weighted by Crippen LogP contribution is -2.43. The number of amides is 1. The second-order valence-electron chi connectivity index (χ2n) is 5.20. The largest absolute Gasteiger partial charge is 0.466 e. The summed E-state index contributed by atoms with van der Waals surface area (Å²) in [7, 11) is 0. The standard InChI is InChI=1S/C16H20FNO3/c1-2-21-16(20)13-7-5-9-18(11-13)15(19)10-12-6-3-4-8-14(12)17/h3-4,6,8,13H,2,5,7,9-11H2,1H3. The molecule has 1 aliphatic rings. The average Bonchev–Trinajstić information content (AvgIpc) is 2.50. The summed E-state index contributed by atoms with van der Waals surface area (Å²) in [5, 5.41) is 0. The highest BCUT2D eigenvalue weighted by molar-refractivity contribution is 5.80. The lowest BCUT2D eigenvalue weighted by atomic mass is 9.97. The number of benzene rings is 1. The number of esters is 1. The van der Waals surface area contributed by atoms with E-state index < -0.39 is 0 Å². The van der Waals surface area contributed by atoms with Crippen LogP contribution in [0.4, 0.5) is 4.39 Å². The third kappa shape index (κ3) is 4.03. The van der Waals surface area contributed by atoms with Gasteiger partial charge < -0.3 is 9.64 Å². The average molecular weight is 293 g/mol. The summed E-state index contributed by atoms with van der Waals surface area (Å²) in [6, 6.07) is 6.27. The van der Waals surface area contributed by atoms with Crippen LogP contribution in [0.5, 0.6) is 0 Å². The van der Waals surface area contributed by atoms with E-state index in [1.165, 1.54) is 6.07 Å². The van der Waals surface area contributed by atoms with Crippen molar-refractivity contribution >= 4 is 11.9 Å². The van der Waals surface area contributed by atoms with E-state index in [1.54, 1.807) is 30.0 Å². The lowest BCUT2D eigenvalue weighted by Gasteiger charge is -2.31. The highest BCUT2D eigenvalue weighted by Crippen LogP contribution is 2.19. The number of piperidine rings is 1. The van der Waals surface area contributed by atoms with E-state index >= 15 is 0 Å². The Morgan fingerprint density at radius 2 is 2.14 bits per heavy atom. The number of nitrogens with zero attached hydrogens (tertiary/aromatic N) is 1. The number of halogens is 1. The maximum Gasteiger partial charge on any atom is 0.310 e. The Balaban J connectivity index is 1.96. The fraction of sp³-hybridized carbons (Fsp3) is 0.500. The molecule has 1 saturated heterocycles. The summed E-state index contributed by atoms with van der Waals surface area (Å²) < 4.78 is 18.6. The van der Waals surface area contributed by atoms with Gasteiger partial charge in [-0.2, -0.15) is 0 Å². The Morgan fingerprint density at radius 1 is 1.38 bits per heavy atom. The van der Waals surface area contributed by atoms with Crippen molar-refractivity contribution in [2.24, 2.45) is 5.92 Å². The van der Waals surface area contributed by atoms with Gasteiger partial charge in [-0.25, -0.2) is 4.39 Å². The van der Waals surface area contributed by atoms with Gasteiger partial charge in [0.15, 0.2) is 0 Å². The van der Waals surface area contributed by atoms with Crippen molar-refractivity contribution in [1.82, 2.24) is 4.90 Å². The lowest BCUT2D eigenvalue weighted by molar-refractivity contribution is -0.151. The van der Waals surface area contributed by atoms with Crippen LogP contribution in [0.3, 0.4) is 0 Å². The summed E-state index contributed by atoms with van der Waals surface area (Å²) in [5.41, 5.74) is 0.390. The van der Waals surface area contributed by atoms with Crippen LogP contribution in [0, 0.1) is 11.7 Å². The van der Waals surface area contributed by atoms with E-state index in [0.717, 1.165) is 12.8 Å². The van der Waals surface area contributed by atoms with Gasteiger partial charge in [0.25, 0.3) is 0 Å². The van der Waals surface area contributed by atoms with Crippen LogP contribution < -0.4 is 0 Å². The number of carbonyl (C=O) groups excluding carboxylic acids is 2. The van der Waals surface area contributed by atoms with Crippen LogP contribution in [-0.2, 0) is 20.7 Å². The van der Waals surface area contributed by atoms with Crippen LogP contribution >= 0.6 is 0 Å². The normalized spacial score (nSPS) is 18.4. The van der Waals surface area contributed by atoms with Gasteiger partial charge in [-0.1, -0.05) is 18.2 Å². The molecule has 0 N–H and O–H groups in total. The van der Waals surface area contributed by atoms with E-state index in [9.17, 15) is 14.0 Å². The van der Waals surface area contributed by atoms with E-state index in [4.69, 9.17) is 4.74 Å². The van der Waals surface area contributed by atoms with Crippen molar-refractivity contribution in [2.75, 3.05) is 19.7 Å². The smallest absolute Gasteiger partial charge is 0.310 e. The van der Waals surface area contributed by atoms with E-state index in [0.29, 0.717) is 25.3 Å². The highest BCUT2D eigenvalue weighted by atomic mass is 19.1. The van der Waals surface area contributed by atoms with Gasteiger partial charge in [0.05, 0.1) is 18.9 Å². The molecule has 4 nitrogen and oxygen atoms in total. The van der Waals surface area contributed by atoms with Crippen LogP contribution in [0.2, 0.25) is 0 Å². The van der Waals surface area contributed by atoms with E-state index in [-0.39, 0.29) is 30.0 Å². The Kier molecular flexibility index (Phi) is 5.31. The molecule has 0 aliphatic carbocycles. The SMILES string of the molecule is CCOC(=O)C1CCCN(C(=O)Cc2ccccc2F)C1. The number of hydrogen-bond acceptors (Lipinski definition) is 3. The molecular weight excluding hydrogens is 273 g/mol. The molecule has 0 aromatic heterocycles. The van der Waals surface area contributed by atoms with Gasteiger partial charge in [0, 0.05) is 13.1 Å². The molecule has 1 aromatic rings. The fourth-order valence-electron chi connectivity index (χ4n) is 2.57. The molecule has 1 heterocycles. The van der Waals surface area contributed by atoms with E-state index in [2.05, 4.69) is 0 Å². The van der Waals surface area contributed by atoms with Gasteiger partial charge in [-0.05, 0) is 31.4 Å². The minimum atomic E-state index is -0.371. The predicted octanol–water partition coefficient (Wildman–Crippen LogP) is 2.17. The molecule has 1 aliphatic heterocycles. The minimum Gasteiger partial charge on any atom is -0.466 e. The second kappa shape index (κ2) is 7.20. The molecule has 114 valence electrons. The quantitative estimate of drug-likeness (QED) is 0.799. The maximum absolute atomic E-state index is 13.6. The molecule has 0 spiro atoms. The highest BCUT2D eigenvalue weighted by Gasteiger charge is 2.29. The third-order valence-electron chi connectivity index (χ3n) is 3.69. The fourth-order valence-corrected chi connectivity index (χ4v) is 2.57. The van der Waals surface area contributed by atoms with Crippen molar-refractivity contribution in [3.05, 3.63) is 35.6 Å². The number of likely N-dealkylation sites (tertiary alicyclic amines) is 1. The molecule has 21 heavy (non-hydrogen) atoms. The topological polar surface area (TPSA) is 46.6 Å². The van der Waals surface area contributed by atoms with Gasteiger partial charge in [-0.15, -0.1) is 0 Å². The summed E-state index contributed by atoms with van der Waals surface area (Å²) in [6.45, 7) is 3.09. The van der Waals surface area contributed by atoms with Crippen molar-refractivity contribution < 1.29 is 18.7 Å². The number of ether oxygens (including phenoxy) is 1. The summed E-state index contributed by atoms with van der Waals surface area (Å²) in [4.78, 5) is 25.6. The minimum absolute atomic E-state index is 0.0300. The summed E-state index contributed by atoms with van der Waals surface area (Å²) in [6.07, 6.45) is 1.54.